The number of hydrogen-bond donors (Lipinski definition) is 1. The van der Waals surface area contributed by atoms with E-state index in [0.717, 1.165) is 42.6 Å². The summed E-state index contributed by atoms with van der Waals surface area (Å²) in [5, 5.41) is 20.7. The number of nitrogens with zero attached hydrogens (tertiary/aromatic N) is 6. The van der Waals surface area contributed by atoms with E-state index in [9.17, 15) is 44.3 Å². The van der Waals surface area contributed by atoms with Crippen LogP contribution in [0, 0.1) is 11.8 Å². The molecule has 1 N–H and O–H groups in total. The maximum atomic E-state index is 13.6. The van der Waals surface area contributed by atoms with Crippen molar-refractivity contribution < 1.29 is 54.2 Å². The second-order valence-corrected chi connectivity index (χ2v) is 12.0. The van der Waals surface area contributed by atoms with Crippen molar-refractivity contribution in [1.82, 2.24) is 20.2 Å². The van der Waals surface area contributed by atoms with Gasteiger partial charge in [-0.2, -0.15) is 31.1 Å². The Morgan fingerprint density at radius 2 is 1.51 bits per heavy atom. The highest BCUT2D eigenvalue weighted by Gasteiger charge is 2.37. The van der Waals surface area contributed by atoms with Crippen molar-refractivity contribution >= 4 is 17.6 Å². The molecule has 9 nitrogen and oxygen atoms in total. The van der Waals surface area contributed by atoms with Crippen LogP contribution >= 0.6 is 0 Å². The minimum absolute atomic E-state index is 0.00319. The Labute approximate surface area is 275 Å². The highest BCUT2D eigenvalue weighted by Crippen LogP contribution is 2.38. The normalized spacial score (nSPS) is 17.2. The lowest BCUT2D eigenvalue weighted by Gasteiger charge is -2.35. The molecule has 1 aliphatic rings. The van der Waals surface area contributed by atoms with Crippen LogP contribution in [-0.2, 0) is 37.3 Å². The molecule has 0 bridgehead atoms. The fraction of sp³-hybridized carbons (Fsp3) is 0.548. The molecule has 4 rings (SSSR count). The number of halogens is 9. The SMILES string of the molecule is CCN(C[C@H]1CC[C@H](CCC(=O)O)CC1)c1ccc(OC(F)(F)F)cc1CN(Cc1cc(C(F)(F)F)cc(C(F)(F)F)c1)c1nnn(C)n1. The van der Waals surface area contributed by atoms with Crippen LogP contribution in [0.1, 0.15) is 67.7 Å². The molecule has 0 saturated heterocycles. The van der Waals surface area contributed by atoms with E-state index in [4.69, 9.17) is 5.11 Å². The van der Waals surface area contributed by atoms with Crippen molar-refractivity contribution in [2.45, 2.75) is 77.3 Å². The summed E-state index contributed by atoms with van der Waals surface area (Å²) < 4.78 is 126. The molecule has 3 aromatic rings. The Balaban J connectivity index is 1.69. The lowest BCUT2D eigenvalue weighted by Crippen LogP contribution is -2.33. The Morgan fingerprint density at radius 3 is 2.02 bits per heavy atom. The van der Waals surface area contributed by atoms with Gasteiger partial charge in [0, 0.05) is 38.3 Å². The summed E-state index contributed by atoms with van der Waals surface area (Å²) in [5.41, 5.74) is -2.76. The number of carboxylic acids is 1. The first-order chi connectivity index (χ1) is 22.8. The number of carboxylic acid groups (broad SMARTS) is 1. The van der Waals surface area contributed by atoms with Crippen molar-refractivity contribution in [2.24, 2.45) is 18.9 Å². The minimum Gasteiger partial charge on any atom is -0.481 e. The van der Waals surface area contributed by atoms with E-state index in [1.807, 2.05) is 11.8 Å². The first-order valence-electron chi connectivity index (χ1n) is 15.4. The van der Waals surface area contributed by atoms with Gasteiger partial charge in [-0.05, 0) is 90.8 Å². The van der Waals surface area contributed by atoms with Gasteiger partial charge in [0.25, 0.3) is 5.95 Å². The number of hydrogen-bond acceptors (Lipinski definition) is 7. The van der Waals surface area contributed by atoms with E-state index in [1.54, 1.807) is 0 Å². The summed E-state index contributed by atoms with van der Waals surface area (Å²) in [6.45, 7) is 1.82. The number of tetrazole rings is 1. The molecule has 49 heavy (non-hydrogen) atoms. The van der Waals surface area contributed by atoms with Crippen molar-refractivity contribution in [3.8, 4) is 5.75 Å². The van der Waals surface area contributed by atoms with Crippen LogP contribution < -0.4 is 14.5 Å². The van der Waals surface area contributed by atoms with Crippen LogP contribution in [0.2, 0.25) is 0 Å². The lowest BCUT2D eigenvalue weighted by atomic mass is 9.79. The molecule has 0 radical (unpaired) electrons. The molecule has 1 fully saturated rings. The topological polar surface area (TPSA) is 96.6 Å². The van der Waals surface area contributed by atoms with Gasteiger partial charge in [-0.1, -0.05) is 17.9 Å². The van der Waals surface area contributed by atoms with Crippen LogP contribution in [0.4, 0.5) is 51.1 Å². The number of benzene rings is 2. The van der Waals surface area contributed by atoms with Gasteiger partial charge in [-0.3, -0.25) is 4.79 Å². The quantitative estimate of drug-likeness (QED) is 0.179. The largest absolute Gasteiger partial charge is 0.573 e. The van der Waals surface area contributed by atoms with E-state index in [0.29, 0.717) is 37.3 Å². The van der Waals surface area contributed by atoms with E-state index in [2.05, 4.69) is 20.1 Å². The summed E-state index contributed by atoms with van der Waals surface area (Å²) in [5.74, 6) is -1.16. The second-order valence-electron chi connectivity index (χ2n) is 12.0. The molecule has 270 valence electrons. The van der Waals surface area contributed by atoms with Gasteiger partial charge in [-0.25, -0.2) is 0 Å². The van der Waals surface area contributed by atoms with E-state index < -0.39 is 53.7 Å². The van der Waals surface area contributed by atoms with Crippen LogP contribution in [0.5, 0.6) is 5.75 Å². The molecule has 0 spiro atoms. The van der Waals surface area contributed by atoms with E-state index in [1.165, 1.54) is 18.0 Å². The third kappa shape index (κ3) is 10.9. The van der Waals surface area contributed by atoms with E-state index >= 15 is 0 Å². The Kier molecular flexibility index (Phi) is 11.6. The number of aromatic nitrogens is 4. The third-order valence-electron chi connectivity index (χ3n) is 8.38. The molecule has 0 atom stereocenters. The van der Waals surface area contributed by atoms with Gasteiger partial charge in [0.2, 0.25) is 0 Å². The average molecular weight is 711 g/mol. The predicted octanol–water partition coefficient (Wildman–Crippen LogP) is 7.85. The monoisotopic (exact) mass is 710 g/mol. The minimum atomic E-state index is -5.10. The zero-order valence-corrected chi connectivity index (χ0v) is 26.5. The zero-order valence-electron chi connectivity index (χ0n) is 26.5. The predicted molar refractivity (Wildman–Crippen MR) is 158 cm³/mol. The highest BCUT2D eigenvalue weighted by atomic mass is 19.4. The summed E-state index contributed by atoms with van der Waals surface area (Å²) in [7, 11) is 1.39. The molecule has 1 saturated carbocycles. The molecular weight excluding hydrogens is 675 g/mol. The average Bonchev–Trinajstić information content (AvgIpc) is 3.43. The maximum absolute atomic E-state index is 13.6. The molecule has 0 aliphatic heterocycles. The smallest absolute Gasteiger partial charge is 0.481 e. The number of alkyl halides is 9. The number of carbonyl (C=O) groups is 1. The first-order valence-corrected chi connectivity index (χ1v) is 15.4. The van der Waals surface area contributed by atoms with Crippen LogP contribution in [-0.4, -0.2) is 50.7 Å². The molecule has 1 aromatic heterocycles. The summed E-state index contributed by atoms with van der Waals surface area (Å²) >= 11 is 0. The van der Waals surface area contributed by atoms with Crippen molar-refractivity contribution in [3.63, 3.8) is 0 Å². The van der Waals surface area contributed by atoms with Gasteiger partial charge in [0.05, 0.1) is 18.2 Å². The molecule has 1 aliphatic carbocycles. The van der Waals surface area contributed by atoms with Crippen LogP contribution in [0.3, 0.4) is 0 Å². The van der Waals surface area contributed by atoms with Crippen molar-refractivity contribution in [2.75, 3.05) is 22.9 Å². The van der Waals surface area contributed by atoms with Crippen LogP contribution in [0.15, 0.2) is 36.4 Å². The van der Waals surface area contributed by atoms with Crippen LogP contribution in [0.25, 0.3) is 0 Å². The second kappa shape index (κ2) is 15.1. The Bertz CT molecular complexity index is 1540. The van der Waals surface area contributed by atoms with E-state index in [-0.39, 0.29) is 42.4 Å². The molecule has 0 unspecified atom stereocenters. The Morgan fingerprint density at radius 1 is 0.898 bits per heavy atom. The molecule has 18 heteroatoms. The van der Waals surface area contributed by atoms with Gasteiger partial charge in [0.15, 0.2) is 0 Å². The first kappa shape index (κ1) is 37.6. The van der Waals surface area contributed by atoms with Gasteiger partial charge >= 0.3 is 24.7 Å². The maximum Gasteiger partial charge on any atom is 0.573 e. The molecule has 1 heterocycles. The summed E-state index contributed by atoms with van der Waals surface area (Å²) in [4.78, 5) is 15.2. The van der Waals surface area contributed by atoms with Crippen molar-refractivity contribution in [3.05, 3.63) is 58.7 Å². The van der Waals surface area contributed by atoms with Crippen molar-refractivity contribution in [1.29, 1.82) is 0 Å². The highest BCUT2D eigenvalue weighted by molar-refractivity contribution is 5.66. The number of rotatable bonds is 13. The number of aliphatic carboxylic acids is 1. The number of aryl methyl sites for hydroxylation is 1. The number of ether oxygens (including phenoxy) is 1. The lowest BCUT2D eigenvalue weighted by molar-refractivity contribution is -0.274. The zero-order chi connectivity index (χ0) is 36.1. The molecule has 0 amide bonds. The fourth-order valence-electron chi connectivity index (χ4n) is 6.07. The van der Waals surface area contributed by atoms with Gasteiger partial charge in [0.1, 0.15) is 5.75 Å². The standard InChI is InChI=1S/C31H35F9N6O3/c1-3-45(16-20-6-4-19(5-7-20)8-11-27(47)48)26-10-9-25(49-31(38,39)40)14-22(26)18-46(28-41-43-44(2)42-28)17-21-12-23(29(32,33)34)15-24(13-21)30(35,36)37/h9-10,12-15,19-20H,3-8,11,16-18H2,1-2H3,(H,47,48)/t19-,20-. The van der Waals surface area contributed by atoms with Gasteiger partial charge in [-0.15, -0.1) is 18.3 Å². The molecular formula is C31H35F9N6O3. The Hall–Kier alpha value is -4.25. The fourth-order valence-corrected chi connectivity index (χ4v) is 6.07. The summed E-state index contributed by atoms with van der Waals surface area (Å²) in [6.07, 6.45) is -11.3. The van der Waals surface area contributed by atoms with Gasteiger partial charge < -0.3 is 19.6 Å². The summed E-state index contributed by atoms with van der Waals surface area (Å²) in [6, 6.07) is 4.80. The molecule has 2 aromatic carbocycles. The number of anilines is 2. The third-order valence-corrected chi connectivity index (χ3v) is 8.38.